The van der Waals surface area contributed by atoms with E-state index >= 15 is 0 Å². The Kier molecular flexibility index (Phi) is 7.07. The Labute approximate surface area is 220 Å². The maximum Gasteiger partial charge on any atom is 0.276 e. The van der Waals surface area contributed by atoms with Crippen molar-refractivity contribution in [3.05, 3.63) is 72.1 Å². The second-order valence-corrected chi connectivity index (χ2v) is 8.62. The van der Waals surface area contributed by atoms with Gasteiger partial charge >= 0.3 is 0 Å². The number of benzene rings is 1. The standard InChI is InChI=1S/C27H30N8O3/c1-5-34-18(4)21(15-30-34)23-10-11-28-26-13-22(32-35(23)26)27(36)31-20-14-29-33(17-20)16-19-8-9-24(37-6-2)25(12-19)38-7-3/h8-15,17H,5-7,16H2,1-4H3,(H,31,36). The van der Waals surface area contributed by atoms with E-state index in [2.05, 4.69) is 25.6 Å². The average molecular weight is 515 g/mol. The maximum atomic E-state index is 13.0. The highest BCUT2D eigenvalue weighted by Crippen LogP contribution is 2.29. The van der Waals surface area contributed by atoms with Crippen molar-refractivity contribution in [2.24, 2.45) is 0 Å². The molecule has 0 radical (unpaired) electrons. The lowest BCUT2D eigenvalue weighted by molar-refractivity contribution is 0.102. The number of hydrogen-bond donors (Lipinski definition) is 1. The van der Waals surface area contributed by atoms with Gasteiger partial charge in [0.05, 0.1) is 43.5 Å². The smallest absolute Gasteiger partial charge is 0.276 e. The molecule has 11 nitrogen and oxygen atoms in total. The van der Waals surface area contributed by atoms with Crippen molar-refractivity contribution in [2.45, 2.75) is 40.8 Å². The summed E-state index contributed by atoms with van der Waals surface area (Å²) in [6, 6.07) is 9.35. The molecule has 0 unspecified atom stereocenters. The van der Waals surface area contributed by atoms with Crippen LogP contribution in [-0.4, -0.2) is 53.3 Å². The fourth-order valence-corrected chi connectivity index (χ4v) is 4.32. The summed E-state index contributed by atoms with van der Waals surface area (Å²) in [5.74, 6) is 1.07. The normalized spacial score (nSPS) is 11.2. The lowest BCUT2D eigenvalue weighted by Gasteiger charge is -2.12. The molecule has 1 N–H and O–H groups in total. The van der Waals surface area contributed by atoms with E-state index in [9.17, 15) is 4.79 Å². The number of amides is 1. The van der Waals surface area contributed by atoms with E-state index in [4.69, 9.17) is 9.47 Å². The second-order valence-electron chi connectivity index (χ2n) is 8.62. The lowest BCUT2D eigenvalue weighted by atomic mass is 10.2. The Morgan fingerprint density at radius 3 is 2.58 bits per heavy atom. The summed E-state index contributed by atoms with van der Waals surface area (Å²) >= 11 is 0. The molecular formula is C27H30N8O3. The SMILES string of the molecule is CCOc1ccc(Cn2cc(NC(=O)c3cc4nccc(-c5cnn(CC)c5C)n4n3)cn2)cc1OCC. The van der Waals surface area contributed by atoms with Crippen LogP contribution in [0.2, 0.25) is 0 Å². The first-order valence-corrected chi connectivity index (χ1v) is 12.6. The number of fused-ring (bicyclic) bond motifs is 1. The van der Waals surface area contributed by atoms with Crippen molar-refractivity contribution in [3.8, 4) is 22.8 Å². The third-order valence-corrected chi connectivity index (χ3v) is 6.11. The number of ether oxygens (including phenoxy) is 2. The molecule has 0 fully saturated rings. The summed E-state index contributed by atoms with van der Waals surface area (Å²) < 4.78 is 16.7. The lowest BCUT2D eigenvalue weighted by Crippen LogP contribution is -2.12. The molecule has 0 spiro atoms. The van der Waals surface area contributed by atoms with E-state index in [0.717, 1.165) is 29.1 Å². The molecule has 0 saturated heterocycles. The number of anilines is 1. The number of nitrogens with one attached hydrogen (secondary N) is 1. The summed E-state index contributed by atoms with van der Waals surface area (Å²) in [6.45, 7) is 10.3. The van der Waals surface area contributed by atoms with Gasteiger partial charge in [-0.05, 0) is 51.5 Å². The van der Waals surface area contributed by atoms with Crippen LogP contribution in [0.1, 0.15) is 42.5 Å². The van der Waals surface area contributed by atoms with Crippen molar-refractivity contribution < 1.29 is 14.3 Å². The fourth-order valence-electron chi connectivity index (χ4n) is 4.32. The minimum absolute atomic E-state index is 0.256. The van der Waals surface area contributed by atoms with E-state index in [0.29, 0.717) is 42.6 Å². The van der Waals surface area contributed by atoms with Gasteiger partial charge in [0.1, 0.15) is 0 Å². The quantitative estimate of drug-likeness (QED) is 0.297. The van der Waals surface area contributed by atoms with Crippen molar-refractivity contribution in [1.82, 2.24) is 34.2 Å². The molecule has 1 amide bonds. The molecule has 0 saturated carbocycles. The average Bonchev–Trinajstić information content (AvgIpc) is 3.64. The van der Waals surface area contributed by atoms with E-state index in [1.807, 2.05) is 62.8 Å². The predicted molar refractivity (Wildman–Crippen MR) is 143 cm³/mol. The monoisotopic (exact) mass is 514 g/mol. The van der Waals surface area contributed by atoms with Crippen molar-refractivity contribution in [1.29, 1.82) is 0 Å². The van der Waals surface area contributed by atoms with Crippen LogP contribution >= 0.6 is 0 Å². The van der Waals surface area contributed by atoms with E-state index < -0.39 is 0 Å². The molecule has 0 aliphatic rings. The minimum Gasteiger partial charge on any atom is -0.490 e. The third-order valence-electron chi connectivity index (χ3n) is 6.11. The fraction of sp³-hybridized carbons (Fsp3) is 0.296. The van der Waals surface area contributed by atoms with Crippen LogP contribution in [0.5, 0.6) is 11.5 Å². The van der Waals surface area contributed by atoms with Crippen LogP contribution in [0, 0.1) is 6.92 Å². The van der Waals surface area contributed by atoms with Crippen LogP contribution in [0.4, 0.5) is 5.69 Å². The van der Waals surface area contributed by atoms with Gasteiger partial charge in [0.2, 0.25) is 0 Å². The first-order chi connectivity index (χ1) is 18.5. The molecule has 0 atom stereocenters. The topological polar surface area (TPSA) is 113 Å². The molecule has 0 bridgehead atoms. The zero-order chi connectivity index (χ0) is 26.6. The summed E-state index contributed by atoms with van der Waals surface area (Å²) in [6.07, 6.45) is 6.90. The summed E-state index contributed by atoms with van der Waals surface area (Å²) in [7, 11) is 0. The molecule has 5 aromatic rings. The number of nitrogens with zero attached hydrogens (tertiary/aromatic N) is 7. The molecular weight excluding hydrogens is 484 g/mol. The number of hydrogen-bond acceptors (Lipinski definition) is 7. The highest BCUT2D eigenvalue weighted by Gasteiger charge is 2.17. The minimum atomic E-state index is -0.346. The molecule has 0 aliphatic heterocycles. The molecule has 0 aliphatic carbocycles. The first-order valence-electron chi connectivity index (χ1n) is 12.6. The van der Waals surface area contributed by atoms with Crippen molar-refractivity contribution in [3.63, 3.8) is 0 Å². The predicted octanol–water partition coefficient (Wildman–Crippen LogP) is 4.22. The Hall–Kier alpha value is -4.67. The Morgan fingerprint density at radius 1 is 1.00 bits per heavy atom. The van der Waals surface area contributed by atoms with Crippen LogP contribution in [0.3, 0.4) is 0 Å². The highest BCUT2D eigenvalue weighted by molar-refractivity contribution is 6.03. The maximum absolute atomic E-state index is 13.0. The van der Waals surface area contributed by atoms with Crippen LogP contribution in [0.15, 0.2) is 55.1 Å². The molecule has 4 heterocycles. The van der Waals surface area contributed by atoms with E-state index in [1.54, 1.807) is 33.9 Å². The summed E-state index contributed by atoms with van der Waals surface area (Å²) in [5, 5.41) is 16.2. The molecule has 4 aromatic heterocycles. The highest BCUT2D eigenvalue weighted by atomic mass is 16.5. The third kappa shape index (κ3) is 4.95. The Morgan fingerprint density at radius 2 is 1.82 bits per heavy atom. The molecule has 5 rings (SSSR count). The van der Waals surface area contributed by atoms with Gasteiger partial charge in [-0.2, -0.15) is 15.3 Å². The van der Waals surface area contributed by atoms with Gasteiger partial charge in [-0.1, -0.05) is 6.07 Å². The molecule has 38 heavy (non-hydrogen) atoms. The second kappa shape index (κ2) is 10.8. The van der Waals surface area contributed by atoms with Gasteiger partial charge in [-0.25, -0.2) is 9.50 Å². The van der Waals surface area contributed by atoms with Crippen LogP contribution < -0.4 is 14.8 Å². The van der Waals surface area contributed by atoms with Gasteiger partial charge in [0.15, 0.2) is 22.8 Å². The van der Waals surface area contributed by atoms with Gasteiger partial charge in [0, 0.05) is 36.3 Å². The van der Waals surface area contributed by atoms with Crippen molar-refractivity contribution >= 4 is 17.2 Å². The number of carbonyl (C=O) groups excluding carboxylic acids is 1. The largest absolute Gasteiger partial charge is 0.490 e. The summed E-state index contributed by atoms with van der Waals surface area (Å²) in [4.78, 5) is 17.4. The zero-order valence-electron chi connectivity index (χ0n) is 21.9. The van der Waals surface area contributed by atoms with Gasteiger partial charge < -0.3 is 14.8 Å². The zero-order valence-corrected chi connectivity index (χ0v) is 21.9. The molecule has 196 valence electrons. The van der Waals surface area contributed by atoms with E-state index in [1.165, 1.54) is 0 Å². The van der Waals surface area contributed by atoms with Gasteiger partial charge in [-0.3, -0.25) is 14.2 Å². The number of aryl methyl sites for hydroxylation is 1. The van der Waals surface area contributed by atoms with E-state index in [-0.39, 0.29) is 11.6 Å². The van der Waals surface area contributed by atoms with Gasteiger partial charge in [-0.15, -0.1) is 0 Å². The Balaban J connectivity index is 1.32. The van der Waals surface area contributed by atoms with Crippen molar-refractivity contribution in [2.75, 3.05) is 18.5 Å². The number of aromatic nitrogens is 7. The molecule has 1 aromatic carbocycles. The summed E-state index contributed by atoms with van der Waals surface area (Å²) in [5.41, 5.74) is 5.18. The van der Waals surface area contributed by atoms with Gasteiger partial charge in [0.25, 0.3) is 5.91 Å². The van der Waals surface area contributed by atoms with Crippen LogP contribution in [0.25, 0.3) is 16.9 Å². The number of carbonyl (C=O) groups is 1. The van der Waals surface area contributed by atoms with Crippen LogP contribution in [-0.2, 0) is 13.1 Å². The number of rotatable bonds is 10. The molecule has 11 heteroatoms. The Bertz CT molecular complexity index is 1580. The first kappa shape index (κ1) is 25.0.